The van der Waals surface area contributed by atoms with Crippen LogP contribution in [-0.2, 0) is 14.6 Å². The summed E-state index contributed by atoms with van der Waals surface area (Å²) in [4.78, 5) is 0. The van der Waals surface area contributed by atoms with Crippen molar-refractivity contribution in [3.8, 4) is 0 Å². The molecule has 0 radical (unpaired) electrons. The topological polar surface area (TPSA) is 66.4 Å². The third kappa shape index (κ3) is 17.5. The molecule has 0 spiro atoms. The van der Waals surface area contributed by atoms with E-state index in [-0.39, 0.29) is 36.2 Å². The van der Waals surface area contributed by atoms with Crippen LogP contribution in [0, 0.1) is 5.92 Å². The Labute approximate surface area is 115 Å². The third-order valence-corrected chi connectivity index (χ3v) is 2.36. The average molecular weight is 246 g/mol. The standard InChI is InChI=1S/C9H20O4S.Na/c1-9(2)7-5-3-4-6-8-13-14(10,11)12;/h9H,3-8H2,1-2H3,(H,10,11,12);/q;+1/p-1. The second-order valence-corrected chi connectivity index (χ2v) is 4.88. The van der Waals surface area contributed by atoms with Crippen molar-refractivity contribution >= 4 is 10.4 Å². The zero-order valence-electron chi connectivity index (χ0n) is 9.86. The van der Waals surface area contributed by atoms with Gasteiger partial charge in [-0.1, -0.05) is 39.5 Å². The van der Waals surface area contributed by atoms with Crippen LogP contribution in [0.25, 0.3) is 0 Å². The Bertz CT molecular complexity index is 226. The fourth-order valence-electron chi connectivity index (χ4n) is 1.17. The van der Waals surface area contributed by atoms with E-state index in [2.05, 4.69) is 18.0 Å². The summed E-state index contributed by atoms with van der Waals surface area (Å²) in [6.45, 7) is 4.37. The van der Waals surface area contributed by atoms with Crippen LogP contribution >= 0.6 is 0 Å². The van der Waals surface area contributed by atoms with E-state index >= 15 is 0 Å². The fraction of sp³-hybridized carbons (Fsp3) is 1.00. The van der Waals surface area contributed by atoms with Gasteiger partial charge in [0, 0.05) is 0 Å². The molecular weight excluding hydrogens is 227 g/mol. The summed E-state index contributed by atoms with van der Waals surface area (Å²) in [5, 5.41) is 0. The molecule has 0 saturated carbocycles. The number of rotatable bonds is 8. The van der Waals surface area contributed by atoms with Crippen molar-refractivity contribution in [1.29, 1.82) is 0 Å². The van der Waals surface area contributed by atoms with Gasteiger partial charge in [0.05, 0.1) is 6.61 Å². The molecule has 0 aliphatic heterocycles. The van der Waals surface area contributed by atoms with Crippen molar-refractivity contribution in [3.63, 3.8) is 0 Å². The molecule has 0 rings (SSSR count). The number of unbranched alkanes of at least 4 members (excludes halogenated alkanes) is 3. The van der Waals surface area contributed by atoms with Crippen molar-refractivity contribution in [2.45, 2.75) is 46.0 Å². The smallest absolute Gasteiger partial charge is 0.726 e. The van der Waals surface area contributed by atoms with E-state index in [9.17, 15) is 13.0 Å². The largest absolute Gasteiger partial charge is 1.00 e. The summed E-state index contributed by atoms with van der Waals surface area (Å²) in [6.07, 6.45) is 4.98. The molecule has 0 amide bonds. The van der Waals surface area contributed by atoms with Gasteiger partial charge in [-0.25, -0.2) is 8.42 Å². The molecule has 0 aromatic rings. The Hall–Kier alpha value is 0.870. The summed E-state index contributed by atoms with van der Waals surface area (Å²) < 4.78 is 34.2. The molecule has 0 fully saturated rings. The van der Waals surface area contributed by atoms with Crippen LogP contribution in [0.2, 0.25) is 0 Å². The van der Waals surface area contributed by atoms with Gasteiger partial charge in [-0.2, -0.15) is 0 Å². The Balaban J connectivity index is 0. The van der Waals surface area contributed by atoms with Gasteiger partial charge in [0.15, 0.2) is 0 Å². The van der Waals surface area contributed by atoms with Crippen molar-refractivity contribution in [2.24, 2.45) is 5.92 Å². The van der Waals surface area contributed by atoms with Crippen LogP contribution in [0.5, 0.6) is 0 Å². The number of hydrogen-bond acceptors (Lipinski definition) is 4. The molecule has 0 aromatic carbocycles. The minimum Gasteiger partial charge on any atom is -0.726 e. The molecule has 0 bridgehead atoms. The summed E-state index contributed by atoms with van der Waals surface area (Å²) in [6, 6.07) is 0. The SMILES string of the molecule is CC(C)CCCCCCOS(=O)(=O)[O-].[Na+]. The minimum absolute atomic E-state index is 0. The Morgan fingerprint density at radius 1 is 1.13 bits per heavy atom. The second-order valence-electron chi connectivity index (χ2n) is 3.83. The molecule has 0 aliphatic rings. The summed E-state index contributed by atoms with van der Waals surface area (Å²) in [5.74, 6) is 0.716. The third-order valence-electron chi connectivity index (χ3n) is 1.90. The van der Waals surface area contributed by atoms with Gasteiger partial charge in [0.1, 0.15) is 0 Å². The van der Waals surface area contributed by atoms with E-state index in [1.807, 2.05) is 0 Å². The van der Waals surface area contributed by atoms with Crippen molar-refractivity contribution < 1.29 is 46.7 Å². The van der Waals surface area contributed by atoms with Crippen molar-refractivity contribution in [3.05, 3.63) is 0 Å². The zero-order valence-corrected chi connectivity index (χ0v) is 12.7. The van der Waals surface area contributed by atoms with E-state index in [1.54, 1.807) is 0 Å². The summed E-state index contributed by atoms with van der Waals surface area (Å²) >= 11 is 0. The second kappa shape index (κ2) is 10.1. The quantitative estimate of drug-likeness (QED) is 0.240. The minimum atomic E-state index is -4.48. The molecule has 0 unspecified atom stereocenters. The molecular formula is C9H19NaO4S. The van der Waals surface area contributed by atoms with Gasteiger partial charge in [-0.05, 0) is 12.3 Å². The molecule has 86 valence electrons. The maximum atomic E-state index is 10.0. The van der Waals surface area contributed by atoms with Crippen LogP contribution in [0.15, 0.2) is 0 Å². The maximum absolute atomic E-state index is 10.0. The van der Waals surface area contributed by atoms with Crippen LogP contribution < -0.4 is 29.6 Å². The fourth-order valence-corrected chi connectivity index (χ4v) is 1.49. The molecule has 0 atom stereocenters. The van der Waals surface area contributed by atoms with Gasteiger partial charge in [0.2, 0.25) is 10.4 Å². The van der Waals surface area contributed by atoms with Crippen LogP contribution in [-0.4, -0.2) is 19.6 Å². The normalized spacial score (nSPS) is 11.5. The molecule has 0 N–H and O–H groups in total. The van der Waals surface area contributed by atoms with Gasteiger partial charge < -0.3 is 4.55 Å². The summed E-state index contributed by atoms with van der Waals surface area (Å²) in [7, 11) is -4.48. The Morgan fingerprint density at radius 3 is 2.13 bits per heavy atom. The first-order valence-electron chi connectivity index (χ1n) is 5.02. The molecule has 0 saturated heterocycles. The van der Waals surface area contributed by atoms with Gasteiger partial charge in [-0.3, -0.25) is 4.18 Å². The Morgan fingerprint density at radius 2 is 1.67 bits per heavy atom. The average Bonchev–Trinajstić information content (AvgIpc) is 2.00. The van der Waals surface area contributed by atoms with Crippen LogP contribution in [0.3, 0.4) is 0 Å². The summed E-state index contributed by atoms with van der Waals surface area (Å²) in [5.41, 5.74) is 0. The molecule has 15 heavy (non-hydrogen) atoms. The van der Waals surface area contributed by atoms with Gasteiger partial charge in [0.25, 0.3) is 0 Å². The van der Waals surface area contributed by atoms with E-state index in [0.29, 0.717) is 12.3 Å². The molecule has 0 aromatic heterocycles. The van der Waals surface area contributed by atoms with E-state index < -0.39 is 10.4 Å². The van der Waals surface area contributed by atoms with E-state index in [1.165, 1.54) is 6.42 Å². The first-order chi connectivity index (χ1) is 6.42. The van der Waals surface area contributed by atoms with Crippen LogP contribution in [0.1, 0.15) is 46.0 Å². The van der Waals surface area contributed by atoms with Crippen molar-refractivity contribution in [2.75, 3.05) is 6.61 Å². The zero-order chi connectivity index (χ0) is 11.0. The van der Waals surface area contributed by atoms with Gasteiger partial charge >= 0.3 is 29.6 Å². The van der Waals surface area contributed by atoms with Gasteiger partial charge in [-0.15, -0.1) is 0 Å². The first-order valence-corrected chi connectivity index (χ1v) is 6.35. The van der Waals surface area contributed by atoms with E-state index in [0.717, 1.165) is 19.3 Å². The molecule has 4 nitrogen and oxygen atoms in total. The molecule has 0 heterocycles. The predicted molar refractivity (Wildman–Crippen MR) is 53.6 cm³/mol. The van der Waals surface area contributed by atoms with Crippen molar-refractivity contribution in [1.82, 2.24) is 0 Å². The predicted octanol–water partition coefficient (Wildman–Crippen LogP) is -0.926. The maximum Gasteiger partial charge on any atom is 1.00 e. The molecule has 0 aliphatic carbocycles. The number of hydrogen-bond donors (Lipinski definition) is 0. The first kappa shape index (κ1) is 18.2. The monoisotopic (exact) mass is 246 g/mol. The Kier molecular flexibility index (Phi) is 12.2. The van der Waals surface area contributed by atoms with Crippen LogP contribution in [0.4, 0.5) is 0 Å². The molecule has 6 heteroatoms. The van der Waals surface area contributed by atoms with E-state index in [4.69, 9.17) is 0 Å².